The molecular formula is C24H25ClFN5OS. The zero-order valence-corrected chi connectivity index (χ0v) is 19.7. The maximum absolute atomic E-state index is 14.2. The fourth-order valence-corrected chi connectivity index (χ4v) is 5.16. The van der Waals surface area contributed by atoms with Crippen molar-refractivity contribution in [2.45, 2.75) is 43.4 Å². The molecule has 0 N–H and O–H groups in total. The average molecular weight is 486 g/mol. The SMILES string of the molecule is O=C(CSc1nnc(N2CCCC2)n1-c1cccc(Cl)c1)N(Cc1ccccc1F)C1CC1. The Balaban J connectivity index is 1.36. The minimum atomic E-state index is -0.278. The molecule has 1 amide bonds. The van der Waals surface area contributed by atoms with Gasteiger partial charge in [-0.15, -0.1) is 10.2 Å². The van der Waals surface area contributed by atoms with E-state index in [4.69, 9.17) is 11.6 Å². The topological polar surface area (TPSA) is 54.3 Å². The number of nitrogens with zero attached hydrogens (tertiary/aromatic N) is 5. The largest absolute Gasteiger partial charge is 0.341 e. The number of halogens is 2. The molecule has 3 aromatic rings. The van der Waals surface area contributed by atoms with Crippen molar-refractivity contribution in [2.75, 3.05) is 23.7 Å². The van der Waals surface area contributed by atoms with Gasteiger partial charge in [-0.25, -0.2) is 4.39 Å². The highest BCUT2D eigenvalue weighted by Crippen LogP contribution is 2.32. The Hall–Kier alpha value is -2.58. The molecule has 1 saturated heterocycles. The molecular weight excluding hydrogens is 461 g/mol. The number of benzene rings is 2. The van der Waals surface area contributed by atoms with Gasteiger partial charge < -0.3 is 9.80 Å². The van der Waals surface area contributed by atoms with Crippen molar-refractivity contribution >= 4 is 35.2 Å². The van der Waals surface area contributed by atoms with Crippen molar-refractivity contribution in [1.29, 1.82) is 0 Å². The van der Waals surface area contributed by atoms with Crippen LogP contribution in [0, 0.1) is 5.82 Å². The zero-order chi connectivity index (χ0) is 22.8. The highest BCUT2D eigenvalue weighted by Gasteiger charge is 2.33. The second-order valence-corrected chi connectivity index (χ2v) is 9.80. The molecule has 0 unspecified atom stereocenters. The van der Waals surface area contributed by atoms with E-state index in [-0.39, 0.29) is 30.1 Å². The Morgan fingerprint density at radius 3 is 2.64 bits per heavy atom. The van der Waals surface area contributed by atoms with E-state index in [9.17, 15) is 9.18 Å². The van der Waals surface area contributed by atoms with E-state index in [2.05, 4.69) is 15.1 Å². The minimum absolute atomic E-state index is 0.0193. The molecule has 0 bridgehead atoms. The van der Waals surface area contributed by atoms with E-state index in [0.29, 0.717) is 15.7 Å². The van der Waals surface area contributed by atoms with Crippen LogP contribution in [-0.4, -0.2) is 50.5 Å². The summed E-state index contributed by atoms with van der Waals surface area (Å²) in [5.74, 6) is 0.688. The summed E-state index contributed by atoms with van der Waals surface area (Å²) >= 11 is 7.62. The molecule has 6 nitrogen and oxygen atoms in total. The first-order chi connectivity index (χ1) is 16.1. The minimum Gasteiger partial charge on any atom is -0.341 e. The van der Waals surface area contributed by atoms with Crippen molar-refractivity contribution in [1.82, 2.24) is 19.7 Å². The number of anilines is 1. The summed E-state index contributed by atoms with van der Waals surface area (Å²) < 4.78 is 16.2. The first-order valence-corrected chi connectivity index (χ1v) is 12.6. The van der Waals surface area contributed by atoms with Gasteiger partial charge in [0.15, 0.2) is 5.16 Å². The van der Waals surface area contributed by atoms with Gasteiger partial charge in [-0.3, -0.25) is 9.36 Å². The molecule has 0 spiro atoms. The molecule has 1 aromatic heterocycles. The second-order valence-electron chi connectivity index (χ2n) is 8.42. The summed E-state index contributed by atoms with van der Waals surface area (Å²) in [5, 5.41) is 10.1. The number of aromatic nitrogens is 3. The first kappa shape index (κ1) is 22.2. The van der Waals surface area contributed by atoms with Gasteiger partial charge in [-0.1, -0.05) is 47.6 Å². The van der Waals surface area contributed by atoms with Gasteiger partial charge in [0.2, 0.25) is 11.9 Å². The Bertz CT molecular complexity index is 1150. The highest BCUT2D eigenvalue weighted by molar-refractivity contribution is 7.99. The van der Waals surface area contributed by atoms with Crippen LogP contribution in [0.1, 0.15) is 31.2 Å². The standard InChI is InChI=1S/C24H25ClFN5OS/c25-18-7-5-8-20(14-18)31-23(29-12-3-4-13-29)27-28-24(31)33-16-22(32)30(19-10-11-19)15-17-6-1-2-9-21(17)26/h1-2,5-9,14,19H,3-4,10-13,15-16H2. The first-order valence-electron chi connectivity index (χ1n) is 11.2. The Kier molecular flexibility index (Phi) is 6.55. The lowest BCUT2D eigenvalue weighted by atomic mass is 10.2. The number of hydrogen-bond donors (Lipinski definition) is 0. The predicted octanol–water partition coefficient (Wildman–Crippen LogP) is 4.94. The summed E-state index contributed by atoms with van der Waals surface area (Å²) in [6.07, 6.45) is 4.16. The molecule has 33 heavy (non-hydrogen) atoms. The Labute approximate surface area is 201 Å². The van der Waals surface area contributed by atoms with Crippen LogP contribution in [0.2, 0.25) is 5.02 Å². The number of carbonyl (C=O) groups excluding carboxylic acids is 1. The maximum atomic E-state index is 14.2. The van der Waals surface area contributed by atoms with Crippen LogP contribution < -0.4 is 4.90 Å². The number of carbonyl (C=O) groups is 1. The van der Waals surface area contributed by atoms with Crippen molar-refractivity contribution < 1.29 is 9.18 Å². The van der Waals surface area contributed by atoms with Gasteiger partial charge in [0.1, 0.15) is 5.82 Å². The van der Waals surface area contributed by atoms with Crippen molar-refractivity contribution in [2.24, 2.45) is 0 Å². The fraction of sp³-hybridized carbons (Fsp3) is 0.375. The molecule has 5 rings (SSSR count). The van der Waals surface area contributed by atoms with Crippen LogP contribution in [0.3, 0.4) is 0 Å². The molecule has 9 heteroatoms. The van der Waals surface area contributed by atoms with E-state index in [1.165, 1.54) is 17.8 Å². The fourth-order valence-electron chi connectivity index (χ4n) is 4.15. The molecule has 172 valence electrons. The van der Waals surface area contributed by atoms with E-state index < -0.39 is 0 Å². The number of hydrogen-bond acceptors (Lipinski definition) is 5. The Morgan fingerprint density at radius 1 is 1.12 bits per heavy atom. The molecule has 1 aliphatic carbocycles. The molecule has 2 fully saturated rings. The third-order valence-electron chi connectivity index (χ3n) is 6.00. The van der Waals surface area contributed by atoms with E-state index >= 15 is 0 Å². The van der Waals surface area contributed by atoms with Crippen molar-refractivity contribution in [3.8, 4) is 5.69 Å². The quantitative estimate of drug-likeness (QED) is 0.423. The molecule has 1 aliphatic heterocycles. The summed E-state index contributed by atoms with van der Waals surface area (Å²) in [7, 11) is 0. The van der Waals surface area contributed by atoms with Crippen LogP contribution in [-0.2, 0) is 11.3 Å². The number of rotatable bonds is 8. The van der Waals surface area contributed by atoms with Crippen LogP contribution >= 0.6 is 23.4 Å². The lowest BCUT2D eigenvalue weighted by Gasteiger charge is -2.23. The lowest BCUT2D eigenvalue weighted by Crippen LogP contribution is -2.34. The van der Waals surface area contributed by atoms with Gasteiger partial charge in [0.05, 0.1) is 11.4 Å². The van der Waals surface area contributed by atoms with E-state index in [1.54, 1.807) is 23.1 Å². The third kappa shape index (κ3) is 5.01. The molecule has 0 atom stereocenters. The summed E-state index contributed by atoms with van der Waals surface area (Å²) in [5.41, 5.74) is 1.41. The van der Waals surface area contributed by atoms with Crippen LogP contribution in [0.4, 0.5) is 10.3 Å². The normalized spacial score (nSPS) is 15.8. The number of thioether (sulfide) groups is 1. The molecule has 2 aliphatic rings. The number of amides is 1. The van der Waals surface area contributed by atoms with Gasteiger partial charge in [0.25, 0.3) is 0 Å². The van der Waals surface area contributed by atoms with Gasteiger partial charge >= 0.3 is 0 Å². The molecule has 1 saturated carbocycles. The van der Waals surface area contributed by atoms with Gasteiger partial charge in [-0.2, -0.15) is 0 Å². The average Bonchev–Trinajstić information content (AvgIpc) is 3.33. The summed E-state index contributed by atoms with van der Waals surface area (Å²) in [6, 6.07) is 14.4. The maximum Gasteiger partial charge on any atom is 0.233 e. The van der Waals surface area contributed by atoms with Crippen LogP contribution in [0.5, 0.6) is 0 Å². The monoisotopic (exact) mass is 485 g/mol. The van der Waals surface area contributed by atoms with E-state index in [1.807, 2.05) is 28.8 Å². The smallest absolute Gasteiger partial charge is 0.233 e. The predicted molar refractivity (Wildman–Crippen MR) is 129 cm³/mol. The summed E-state index contributed by atoms with van der Waals surface area (Å²) in [6.45, 7) is 2.15. The third-order valence-corrected chi connectivity index (χ3v) is 7.15. The highest BCUT2D eigenvalue weighted by atomic mass is 35.5. The second kappa shape index (κ2) is 9.73. The van der Waals surface area contributed by atoms with Crippen LogP contribution in [0.15, 0.2) is 53.7 Å². The van der Waals surface area contributed by atoms with Crippen LogP contribution in [0.25, 0.3) is 5.69 Å². The summed E-state index contributed by atoms with van der Waals surface area (Å²) in [4.78, 5) is 17.2. The zero-order valence-electron chi connectivity index (χ0n) is 18.2. The molecule has 2 heterocycles. The van der Waals surface area contributed by atoms with Gasteiger partial charge in [0, 0.05) is 36.3 Å². The molecule has 2 aromatic carbocycles. The van der Waals surface area contributed by atoms with Crippen molar-refractivity contribution in [3.63, 3.8) is 0 Å². The molecule has 0 radical (unpaired) electrons. The van der Waals surface area contributed by atoms with Crippen molar-refractivity contribution in [3.05, 3.63) is 64.9 Å². The van der Waals surface area contributed by atoms with Gasteiger partial charge in [-0.05, 0) is 49.9 Å². The lowest BCUT2D eigenvalue weighted by molar-refractivity contribution is -0.129. The van der Waals surface area contributed by atoms with E-state index in [0.717, 1.165) is 50.4 Å². The Morgan fingerprint density at radius 2 is 1.91 bits per heavy atom.